The molecule has 0 saturated heterocycles. The number of aromatic hydroxyl groups is 1. The van der Waals surface area contributed by atoms with Crippen molar-refractivity contribution in [2.75, 3.05) is 0 Å². The third kappa shape index (κ3) is 5.25. The van der Waals surface area contributed by atoms with Crippen LogP contribution in [0.2, 0.25) is 0 Å². The van der Waals surface area contributed by atoms with E-state index in [9.17, 15) is 10.3 Å². The highest BCUT2D eigenvalue weighted by Crippen LogP contribution is 2.35. The normalized spacial score (nSPS) is 14.2. The number of aromatic nitrogens is 1. The lowest BCUT2D eigenvalue weighted by Crippen LogP contribution is -2.31. The molecule has 0 amide bonds. The van der Waals surface area contributed by atoms with E-state index in [0.717, 1.165) is 41.4 Å². The van der Waals surface area contributed by atoms with E-state index in [0.29, 0.717) is 11.2 Å². The van der Waals surface area contributed by atoms with Crippen LogP contribution in [0, 0.1) is 12.1 Å². The van der Waals surface area contributed by atoms with Crippen molar-refractivity contribution in [3.63, 3.8) is 0 Å². The fraction of sp³-hybridized carbons (Fsp3) is 0.400. The summed E-state index contributed by atoms with van der Waals surface area (Å²) in [6.45, 7) is 10.1. The van der Waals surface area contributed by atoms with E-state index in [4.69, 9.17) is 0 Å². The lowest BCUT2D eigenvalue weighted by molar-refractivity contribution is -0.584. The maximum Gasteiger partial charge on any atom is 0.232 e. The topological polar surface area (TPSA) is 47.2 Å². The Kier molecular flexibility index (Phi) is 7.86. The molecule has 2 aromatic rings. The van der Waals surface area contributed by atoms with Gasteiger partial charge >= 0.3 is 0 Å². The lowest BCUT2D eigenvalue weighted by Gasteiger charge is -2.16. The molecule has 3 heteroatoms. The lowest BCUT2D eigenvalue weighted by atomic mass is 9.92. The van der Waals surface area contributed by atoms with E-state index in [2.05, 4.69) is 52.0 Å². The molecule has 1 aromatic carbocycles. The van der Waals surface area contributed by atoms with Crippen molar-refractivity contribution in [1.29, 1.82) is 0 Å². The third-order valence-electron chi connectivity index (χ3n) is 5.28. The smallest absolute Gasteiger partial charge is 0.232 e. The Morgan fingerprint density at radius 3 is 2.54 bits per heavy atom. The standard InChI is InChI=1S/C25H33NO2/c1-6-7-8-12-18(2)13-11-14-19(3)17-20(4)24-22-15-9-10-16-23(22)26(28)21(5)25(24)27/h6-7,9-10,13,15-17,20,27H,8,11-12,14H2,1-5H3. The number of fused-ring (bicyclic) bond motifs is 1. The summed E-state index contributed by atoms with van der Waals surface area (Å²) in [5, 5.41) is 23.8. The highest BCUT2D eigenvalue weighted by Gasteiger charge is 2.22. The maximum atomic E-state index is 12.4. The number of allylic oxidation sites excluding steroid dienone is 6. The van der Waals surface area contributed by atoms with Crippen LogP contribution >= 0.6 is 0 Å². The fourth-order valence-corrected chi connectivity index (χ4v) is 3.66. The number of benzene rings is 1. The van der Waals surface area contributed by atoms with Gasteiger partial charge in [-0.25, -0.2) is 0 Å². The first kappa shape index (κ1) is 21.7. The minimum absolute atomic E-state index is 0.0320. The second-order valence-electron chi connectivity index (χ2n) is 7.66. The van der Waals surface area contributed by atoms with Gasteiger partial charge in [-0.1, -0.05) is 54.5 Å². The fourth-order valence-electron chi connectivity index (χ4n) is 3.66. The molecule has 150 valence electrons. The highest BCUT2D eigenvalue weighted by atomic mass is 16.5. The van der Waals surface area contributed by atoms with Gasteiger partial charge in [0.15, 0.2) is 5.75 Å². The Morgan fingerprint density at radius 1 is 1.14 bits per heavy atom. The third-order valence-corrected chi connectivity index (χ3v) is 5.28. The van der Waals surface area contributed by atoms with Crippen LogP contribution in [0.3, 0.4) is 0 Å². The van der Waals surface area contributed by atoms with Gasteiger partial charge < -0.3 is 10.3 Å². The van der Waals surface area contributed by atoms with Crippen LogP contribution in [0.1, 0.15) is 70.6 Å². The first-order chi connectivity index (χ1) is 13.4. The summed E-state index contributed by atoms with van der Waals surface area (Å²) < 4.78 is 0.818. The quantitative estimate of drug-likeness (QED) is 0.318. The summed E-state index contributed by atoms with van der Waals surface area (Å²) in [5.74, 6) is 0.134. The monoisotopic (exact) mass is 379 g/mol. The van der Waals surface area contributed by atoms with Gasteiger partial charge in [0.05, 0.1) is 5.39 Å². The van der Waals surface area contributed by atoms with Gasteiger partial charge in [0, 0.05) is 24.5 Å². The average molecular weight is 380 g/mol. The van der Waals surface area contributed by atoms with Gasteiger partial charge in [0.25, 0.3) is 0 Å². The molecule has 1 atom stereocenters. The average Bonchev–Trinajstić information content (AvgIpc) is 2.66. The van der Waals surface area contributed by atoms with Crippen molar-refractivity contribution >= 4 is 10.9 Å². The van der Waals surface area contributed by atoms with Crippen molar-refractivity contribution in [3.8, 4) is 5.75 Å². The molecule has 0 saturated carbocycles. The summed E-state index contributed by atoms with van der Waals surface area (Å²) >= 11 is 0. The van der Waals surface area contributed by atoms with Crippen molar-refractivity contribution < 1.29 is 9.84 Å². The number of para-hydroxylation sites is 1. The van der Waals surface area contributed by atoms with Gasteiger partial charge in [-0.05, 0) is 52.5 Å². The predicted octanol–water partition coefficient (Wildman–Crippen LogP) is 6.62. The molecule has 28 heavy (non-hydrogen) atoms. The SMILES string of the molecule is CC=CCCC(C)=CCCC(C)=CC(C)c1c(O)c(C)[n+]([O-])c2ccccc12. The summed E-state index contributed by atoms with van der Waals surface area (Å²) in [6, 6.07) is 7.48. The van der Waals surface area contributed by atoms with E-state index < -0.39 is 0 Å². The Hall–Kier alpha value is -2.55. The molecule has 0 aliphatic rings. The molecule has 3 nitrogen and oxygen atoms in total. The molecule has 0 bridgehead atoms. The molecule has 1 heterocycles. The zero-order chi connectivity index (χ0) is 20.7. The Labute approximate surface area is 169 Å². The Morgan fingerprint density at radius 2 is 1.82 bits per heavy atom. The van der Waals surface area contributed by atoms with E-state index in [1.54, 1.807) is 6.92 Å². The van der Waals surface area contributed by atoms with Crippen LogP contribution in [0.5, 0.6) is 5.75 Å². The minimum atomic E-state index is 0.0320. The molecule has 0 aliphatic carbocycles. The highest BCUT2D eigenvalue weighted by molar-refractivity contribution is 5.83. The zero-order valence-electron chi connectivity index (χ0n) is 17.8. The molecule has 0 radical (unpaired) electrons. The van der Waals surface area contributed by atoms with Crippen LogP contribution in [0.25, 0.3) is 10.9 Å². The van der Waals surface area contributed by atoms with Gasteiger partial charge in [-0.2, -0.15) is 4.73 Å². The van der Waals surface area contributed by atoms with E-state index in [1.807, 2.05) is 24.3 Å². The van der Waals surface area contributed by atoms with E-state index in [1.165, 1.54) is 11.1 Å². The molecule has 1 aromatic heterocycles. The Bertz CT molecular complexity index is 906. The summed E-state index contributed by atoms with van der Waals surface area (Å²) in [5.41, 5.74) is 4.51. The van der Waals surface area contributed by atoms with Gasteiger partial charge in [0.1, 0.15) is 0 Å². The van der Waals surface area contributed by atoms with Crippen molar-refractivity contribution in [2.45, 2.75) is 66.2 Å². The van der Waals surface area contributed by atoms with Crippen LogP contribution < -0.4 is 4.73 Å². The summed E-state index contributed by atoms with van der Waals surface area (Å²) in [7, 11) is 0. The zero-order valence-corrected chi connectivity index (χ0v) is 17.8. The molecular formula is C25H33NO2. The van der Waals surface area contributed by atoms with Crippen LogP contribution in [0.15, 0.2) is 59.7 Å². The van der Waals surface area contributed by atoms with Crippen molar-refractivity contribution in [3.05, 3.63) is 76.2 Å². The van der Waals surface area contributed by atoms with Crippen LogP contribution in [-0.4, -0.2) is 5.11 Å². The number of pyridine rings is 1. The van der Waals surface area contributed by atoms with Crippen molar-refractivity contribution in [2.24, 2.45) is 0 Å². The number of hydrogen-bond acceptors (Lipinski definition) is 2. The van der Waals surface area contributed by atoms with Gasteiger partial charge in [0.2, 0.25) is 11.2 Å². The summed E-state index contributed by atoms with van der Waals surface area (Å²) in [4.78, 5) is 0. The van der Waals surface area contributed by atoms with E-state index in [-0.39, 0.29) is 11.7 Å². The number of rotatable bonds is 8. The van der Waals surface area contributed by atoms with Crippen LogP contribution in [-0.2, 0) is 0 Å². The van der Waals surface area contributed by atoms with Crippen molar-refractivity contribution in [1.82, 2.24) is 0 Å². The number of hydrogen-bond donors (Lipinski definition) is 1. The molecule has 0 spiro atoms. The maximum absolute atomic E-state index is 12.4. The first-order valence-corrected chi connectivity index (χ1v) is 10.1. The van der Waals surface area contributed by atoms with Gasteiger partial charge in [-0.3, -0.25) is 0 Å². The predicted molar refractivity (Wildman–Crippen MR) is 119 cm³/mol. The minimum Gasteiger partial charge on any atom is -0.618 e. The number of nitrogens with zero attached hydrogens (tertiary/aromatic N) is 1. The molecule has 0 fully saturated rings. The Balaban J connectivity index is 2.18. The summed E-state index contributed by atoms with van der Waals surface area (Å²) in [6.07, 6.45) is 13.1. The van der Waals surface area contributed by atoms with Crippen LogP contribution in [0.4, 0.5) is 0 Å². The van der Waals surface area contributed by atoms with Gasteiger partial charge in [-0.15, -0.1) is 0 Å². The largest absolute Gasteiger partial charge is 0.618 e. The molecule has 1 unspecified atom stereocenters. The second kappa shape index (κ2) is 10.1. The molecule has 1 N–H and O–H groups in total. The van der Waals surface area contributed by atoms with E-state index >= 15 is 0 Å². The molecular weight excluding hydrogens is 346 g/mol. The second-order valence-corrected chi connectivity index (χ2v) is 7.66. The first-order valence-electron chi connectivity index (χ1n) is 10.1. The molecule has 0 aliphatic heterocycles. The molecule has 2 rings (SSSR count).